The second-order valence-electron chi connectivity index (χ2n) is 5.00. The summed E-state index contributed by atoms with van der Waals surface area (Å²) in [6, 6.07) is 19.1. The molecule has 0 saturated heterocycles. The van der Waals surface area contributed by atoms with E-state index in [1.165, 1.54) is 0 Å². The third kappa shape index (κ3) is 7.27. The molecule has 0 aromatic heterocycles. The summed E-state index contributed by atoms with van der Waals surface area (Å²) in [6.07, 6.45) is 1.27. The van der Waals surface area contributed by atoms with Gasteiger partial charge in [-0.15, -0.1) is 0 Å². The van der Waals surface area contributed by atoms with Crippen LogP contribution in [0.4, 0.5) is 0 Å². The molecular weight excluding hydrogens is 314 g/mol. The van der Waals surface area contributed by atoms with Crippen molar-refractivity contribution < 1.29 is 18.0 Å². The van der Waals surface area contributed by atoms with E-state index < -0.39 is 10.0 Å². The summed E-state index contributed by atoms with van der Waals surface area (Å²) in [6.45, 7) is 0.420. The average molecular weight is 335 g/mol. The van der Waals surface area contributed by atoms with E-state index in [0.717, 1.165) is 17.7 Å². The molecule has 0 heterocycles. The smallest absolute Gasteiger partial charge is 0.233 e. The van der Waals surface area contributed by atoms with Gasteiger partial charge in [-0.3, -0.25) is 4.84 Å². The van der Waals surface area contributed by atoms with E-state index >= 15 is 0 Å². The number of nitrogens with one attached hydrogen (secondary N) is 1. The van der Waals surface area contributed by atoms with Gasteiger partial charge < -0.3 is 4.74 Å². The zero-order valence-electron chi connectivity index (χ0n) is 12.9. The van der Waals surface area contributed by atoms with Crippen molar-refractivity contribution in [2.24, 2.45) is 0 Å². The number of benzene rings is 2. The minimum atomic E-state index is -3.42. The lowest BCUT2D eigenvalue weighted by Crippen LogP contribution is -2.28. The van der Waals surface area contributed by atoms with Crippen molar-refractivity contribution in [1.82, 2.24) is 4.89 Å². The van der Waals surface area contributed by atoms with E-state index in [2.05, 4.69) is 4.89 Å². The lowest BCUT2D eigenvalue weighted by Gasteiger charge is -2.08. The SMILES string of the molecule is O=S(=O)(CCCc1ccccc1)NOCCOc1ccccc1. The Balaban J connectivity index is 1.58. The molecule has 0 aliphatic rings. The first-order chi connectivity index (χ1) is 11.2. The summed E-state index contributed by atoms with van der Waals surface area (Å²) in [5.41, 5.74) is 1.12. The van der Waals surface area contributed by atoms with Crippen LogP contribution in [0.25, 0.3) is 0 Å². The molecule has 0 saturated carbocycles. The van der Waals surface area contributed by atoms with E-state index in [1.807, 2.05) is 60.7 Å². The molecule has 0 aliphatic heterocycles. The topological polar surface area (TPSA) is 64.6 Å². The van der Waals surface area contributed by atoms with Crippen molar-refractivity contribution in [2.75, 3.05) is 19.0 Å². The molecule has 1 N–H and O–H groups in total. The maximum Gasteiger partial charge on any atom is 0.233 e. The molecule has 124 valence electrons. The van der Waals surface area contributed by atoms with Crippen molar-refractivity contribution in [2.45, 2.75) is 12.8 Å². The van der Waals surface area contributed by atoms with Crippen LogP contribution < -0.4 is 9.62 Å². The molecule has 0 atom stereocenters. The molecule has 0 spiro atoms. The molecule has 0 bridgehead atoms. The van der Waals surface area contributed by atoms with Crippen molar-refractivity contribution >= 4 is 10.0 Å². The van der Waals surface area contributed by atoms with E-state index in [1.54, 1.807) is 0 Å². The number of para-hydroxylation sites is 1. The second-order valence-corrected chi connectivity index (χ2v) is 6.81. The van der Waals surface area contributed by atoms with Gasteiger partial charge in [0.05, 0.1) is 5.75 Å². The molecule has 0 amide bonds. The number of hydrogen-bond donors (Lipinski definition) is 1. The quantitative estimate of drug-likeness (QED) is 0.535. The Morgan fingerprint density at radius 2 is 1.52 bits per heavy atom. The molecule has 0 aliphatic carbocycles. The Labute approximate surface area is 137 Å². The molecule has 5 nitrogen and oxygen atoms in total. The Bertz CT molecular complexity index is 660. The van der Waals surface area contributed by atoms with Crippen LogP contribution in [0.15, 0.2) is 60.7 Å². The van der Waals surface area contributed by atoms with Crippen LogP contribution in [-0.2, 0) is 21.3 Å². The van der Waals surface area contributed by atoms with Gasteiger partial charge in [-0.1, -0.05) is 53.4 Å². The molecular formula is C17H21NO4S. The second kappa shape index (κ2) is 9.29. The minimum Gasteiger partial charge on any atom is -0.491 e. The summed E-state index contributed by atoms with van der Waals surface area (Å²) in [4.78, 5) is 7.08. The van der Waals surface area contributed by atoms with E-state index in [4.69, 9.17) is 9.57 Å². The minimum absolute atomic E-state index is 0.0292. The first-order valence-electron chi connectivity index (χ1n) is 7.49. The Morgan fingerprint density at radius 1 is 0.870 bits per heavy atom. The highest BCUT2D eigenvalue weighted by Gasteiger charge is 2.09. The highest BCUT2D eigenvalue weighted by Crippen LogP contribution is 2.07. The van der Waals surface area contributed by atoms with Crippen LogP contribution in [0.2, 0.25) is 0 Å². The van der Waals surface area contributed by atoms with Crippen LogP contribution in [0.3, 0.4) is 0 Å². The van der Waals surface area contributed by atoms with Crippen LogP contribution >= 0.6 is 0 Å². The number of rotatable bonds is 10. The van der Waals surface area contributed by atoms with Crippen molar-refractivity contribution in [1.29, 1.82) is 0 Å². The summed E-state index contributed by atoms with van der Waals surface area (Å²) < 4.78 is 29.0. The molecule has 23 heavy (non-hydrogen) atoms. The Morgan fingerprint density at radius 3 is 2.22 bits per heavy atom. The normalized spacial score (nSPS) is 11.3. The molecule has 6 heteroatoms. The van der Waals surface area contributed by atoms with Crippen LogP contribution in [0.5, 0.6) is 5.75 Å². The van der Waals surface area contributed by atoms with Gasteiger partial charge in [0, 0.05) is 0 Å². The van der Waals surface area contributed by atoms with Gasteiger partial charge >= 0.3 is 0 Å². The summed E-state index contributed by atoms with van der Waals surface area (Å²) in [5.74, 6) is 0.753. The Hall–Kier alpha value is -1.89. The predicted octanol–water partition coefficient (Wildman–Crippen LogP) is 2.55. The van der Waals surface area contributed by atoms with Crippen LogP contribution in [0.1, 0.15) is 12.0 Å². The first-order valence-corrected chi connectivity index (χ1v) is 9.14. The highest BCUT2D eigenvalue weighted by molar-refractivity contribution is 7.89. The van der Waals surface area contributed by atoms with Crippen molar-refractivity contribution in [3.05, 3.63) is 66.2 Å². The van der Waals surface area contributed by atoms with Crippen LogP contribution in [0, 0.1) is 0 Å². The standard InChI is InChI=1S/C17H21NO4S/c19-23(20,15-7-10-16-8-3-1-4-9-16)18-22-14-13-21-17-11-5-2-6-12-17/h1-6,8-9,11-12,18H,7,10,13-15H2. The van der Waals surface area contributed by atoms with Gasteiger partial charge in [-0.2, -0.15) is 0 Å². The van der Waals surface area contributed by atoms with Gasteiger partial charge in [0.15, 0.2) is 0 Å². The fraction of sp³-hybridized carbons (Fsp3) is 0.294. The van der Waals surface area contributed by atoms with Gasteiger partial charge in [-0.25, -0.2) is 8.42 Å². The predicted molar refractivity (Wildman–Crippen MR) is 89.6 cm³/mol. The van der Waals surface area contributed by atoms with Crippen molar-refractivity contribution in [3.8, 4) is 5.75 Å². The number of hydrogen-bond acceptors (Lipinski definition) is 4. The summed E-state index contributed by atoms with van der Waals surface area (Å²) in [7, 11) is -3.42. The average Bonchev–Trinajstić information content (AvgIpc) is 2.56. The zero-order valence-corrected chi connectivity index (χ0v) is 13.7. The summed E-state index contributed by atoms with van der Waals surface area (Å²) in [5, 5.41) is 0. The lowest BCUT2D eigenvalue weighted by molar-refractivity contribution is 0.0666. The van der Waals surface area contributed by atoms with Gasteiger partial charge in [0.1, 0.15) is 19.0 Å². The third-order valence-electron chi connectivity index (χ3n) is 3.10. The molecule has 2 aromatic rings. The highest BCUT2D eigenvalue weighted by atomic mass is 32.2. The monoisotopic (exact) mass is 335 g/mol. The maximum absolute atomic E-state index is 11.8. The van der Waals surface area contributed by atoms with Crippen molar-refractivity contribution in [3.63, 3.8) is 0 Å². The molecule has 0 radical (unpaired) electrons. The lowest BCUT2D eigenvalue weighted by atomic mass is 10.1. The molecule has 0 unspecified atom stereocenters. The van der Waals surface area contributed by atoms with E-state index in [0.29, 0.717) is 6.42 Å². The van der Waals surface area contributed by atoms with Gasteiger partial charge in [-0.05, 0) is 30.5 Å². The third-order valence-corrected chi connectivity index (χ3v) is 4.30. The Kier molecular flexibility index (Phi) is 7.06. The van der Waals surface area contributed by atoms with E-state index in [-0.39, 0.29) is 19.0 Å². The first kappa shape index (κ1) is 17.5. The molecule has 0 fully saturated rings. The maximum atomic E-state index is 11.8. The largest absolute Gasteiger partial charge is 0.491 e. The summed E-state index contributed by atoms with van der Waals surface area (Å²) >= 11 is 0. The number of ether oxygens (including phenoxy) is 1. The zero-order chi connectivity index (χ0) is 16.4. The van der Waals surface area contributed by atoms with E-state index in [9.17, 15) is 8.42 Å². The fourth-order valence-electron chi connectivity index (χ4n) is 2.00. The van der Waals surface area contributed by atoms with Gasteiger partial charge in [0.2, 0.25) is 10.0 Å². The fourth-order valence-corrected chi connectivity index (χ4v) is 2.87. The van der Waals surface area contributed by atoms with Gasteiger partial charge in [0.25, 0.3) is 0 Å². The molecule has 2 rings (SSSR count). The molecule has 2 aromatic carbocycles. The number of sulfonamides is 1. The van der Waals surface area contributed by atoms with Crippen LogP contribution in [-0.4, -0.2) is 27.4 Å². The number of aryl methyl sites for hydroxylation is 1.